The number of nitrogens with two attached hydrogens (primary N) is 1. The van der Waals surface area contributed by atoms with Crippen molar-refractivity contribution in [2.45, 2.75) is 25.5 Å². The van der Waals surface area contributed by atoms with Gasteiger partial charge in [-0.3, -0.25) is 4.79 Å². The zero-order valence-electron chi connectivity index (χ0n) is 8.96. The van der Waals surface area contributed by atoms with E-state index in [2.05, 4.69) is 0 Å². The molecule has 0 spiro atoms. The Kier molecular flexibility index (Phi) is 4.77. The monoisotopic (exact) mass is 241 g/mol. The fourth-order valence-corrected chi connectivity index (χ4v) is 1.65. The first-order valence-corrected chi connectivity index (χ1v) is 5.23. The molecule has 1 aromatic rings. The summed E-state index contributed by atoms with van der Waals surface area (Å²) in [5.41, 5.74) is 6.70. The van der Waals surface area contributed by atoms with E-state index in [-0.39, 0.29) is 30.3 Å². The minimum absolute atomic E-state index is 0. The molecular weight excluding hydrogens is 226 g/mol. The van der Waals surface area contributed by atoms with Crippen LogP contribution >= 0.6 is 12.4 Å². The molecule has 2 rings (SSSR count). The quantitative estimate of drug-likeness (QED) is 0.823. The van der Waals surface area contributed by atoms with Crippen LogP contribution in [0, 0.1) is 5.92 Å². The molecule has 1 fully saturated rings. The van der Waals surface area contributed by atoms with Gasteiger partial charge in [-0.15, -0.1) is 12.4 Å². The van der Waals surface area contributed by atoms with Crippen LogP contribution < -0.4 is 5.73 Å². The molecule has 1 saturated carbocycles. The number of carbonyl (C=O) groups excluding carboxylic acids is 1. The van der Waals surface area contributed by atoms with Crippen LogP contribution in [0.25, 0.3) is 0 Å². The first-order chi connectivity index (χ1) is 7.27. The van der Waals surface area contributed by atoms with Crippen LogP contribution in [-0.2, 0) is 16.1 Å². The molecule has 2 N–H and O–H groups in total. The molecule has 0 bridgehead atoms. The zero-order valence-corrected chi connectivity index (χ0v) is 9.78. The van der Waals surface area contributed by atoms with Crippen LogP contribution in [0.5, 0.6) is 0 Å². The molecule has 1 aromatic carbocycles. The van der Waals surface area contributed by atoms with Crippen molar-refractivity contribution in [2.24, 2.45) is 11.7 Å². The van der Waals surface area contributed by atoms with E-state index in [1.807, 2.05) is 30.3 Å². The topological polar surface area (TPSA) is 52.3 Å². The molecule has 0 unspecified atom stereocenters. The van der Waals surface area contributed by atoms with E-state index in [9.17, 15) is 4.79 Å². The number of hydrogen-bond acceptors (Lipinski definition) is 3. The van der Waals surface area contributed by atoms with E-state index in [4.69, 9.17) is 10.5 Å². The number of carbonyl (C=O) groups is 1. The molecule has 1 aliphatic rings. The maximum absolute atomic E-state index is 11.5. The lowest BCUT2D eigenvalue weighted by atomic mass is 9.80. The first-order valence-electron chi connectivity index (χ1n) is 5.23. The fraction of sp³-hybridized carbons (Fsp3) is 0.417. The van der Waals surface area contributed by atoms with E-state index < -0.39 is 0 Å². The van der Waals surface area contributed by atoms with Crippen LogP contribution in [0.4, 0.5) is 0 Å². The van der Waals surface area contributed by atoms with Crippen LogP contribution in [0.2, 0.25) is 0 Å². The summed E-state index contributed by atoms with van der Waals surface area (Å²) in [4.78, 5) is 11.5. The Balaban J connectivity index is 0.00000128. The summed E-state index contributed by atoms with van der Waals surface area (Å²) in [6, 6.07) is 9.68. The molecule has 0 saturated heterocycles. The van der Waals surface area contributed by atoms with Gasteiger partial charge in [-0.05, 0) is 18.4 Å². The molecule has 0 heterocycles. The summed E-state index contributed by atoms with van der Waals surface area (Å²) in [5, 5.41) is 0. The highest BCUT2D eigenvalue weighted by Crippen LogP contribution is 2.26. The van der Waals surface area contributed by atoms with Crippen molar-refractivity contribution in [3.8, 4) is 0 Å². The Morgan fingerprint density at radius 2 is 2.00 bits per heavy atom. The van der Waals surface area contributed by atoms with E-state index in [0.29, 0.717) is 6.61 Å². The lowest BCUT2D eigenvalue weighted by Crippen LogP contribution is -2.44. The smallest absolute Gasteiger partial charge is 0.310 e. The largest absolute Gasteiger partial charge is 0.461 e. The summed E-state index contributed by atoms with van der Waals surface area (Å²) < 4.78 is 5.18. The summed E-state index contributed by atoms with van der Waals surface area (Å²) in [6.45, 7) is 0.350. The van der Waals surface area contributed by atoms with E-state index in [1.54, 1.807) is 0 Å². The lowest BCUT2D eigenvalue weighted by molar-refractivity contribution is -0.153. The lowest BCUT2D eigenvalue weighted by Gasteiger charge is -2.31. The SMILES string of the molecule is Cl.N[C@H]1CC[C@H]1C(=O)OCc1ccccc1. The molecule has 88 valence electrons. The summed E-state index contributed by atoms with van der Waals surface area (Å²) >= 11 is 0. The summed E-state index contributed by atoms with van der Waals surface area (Å²) in [5.74, 6) is -0.230. The Labute approximate surface area is 101 Å². The molecule has 2 atom stereocenters. The second-order valence-electron chi connectivity index (χ2n) is 3.94. The van der Waals surface area contributed by atoms with Gasteiger partial charge in [0, 0.05) is 6.04 Å². The highest BCUT2D eigenvalue weighted by Gasteiger charge is 2.34. The van der Waals surface area contributed by atoms with Gasteiger partial charge in [-0.25, -0.2) is 0 Å². The molecule has 0 amide bonds. The highest BCUT2D eigenvalue weighted by molar-refractivity contribution is 5.85. The van der Waals surface area contributed by atoms with Crippen molar-refractivity contribution in [1.82, 2.24) is 0 Å². The van der Waals surface area contributed by atoms with Crippen LogP contribution in [0.3, 0.4) is 0 Å². The number of halogens is 1. The molecule has 4 heteroatoms. The normalized spacial score (nSPS) is 22.8. The van der Waals surface area contributed by atoms with Crippen LogP contribution in [0.15, 0.2) is 30.3 Å². The Morgan fingerprint density at radius 1 is 1.31 bits per heavy atom. The number of rotatable bonds is 3. The van der Waals surface area contributed by atoms with Crippen molar-refractivity contribution < 1.29 is 9.53 Å². The fourth-order valence-electron chi connectivity index (χ4n) is 1.65. The maximum atomic E-state index is 11.5. The van der Waals surface area contributed by atoms with E-state index >= 15 is 0 Å². The maximum Gasteiger partial charge on any atom is 0.310 e. The summed E-state index contributed by atoms with van der Waals surface area (Å²) in [6.07, 6.45) is 1.81. The Hall–Kier alpha value is -1.06. The van der Waals surface area contributed by atoms with Gasteiger partial charge in [-0.1, -0.05) is 30.3 Å². The summed E-state index contributed by atoms with van der Waals surface area (Å²) in [7, 11) is 0. The van der Waals surface area contributed by atoms with Gasteiger partial charge >= 0.3 is 5.97 Å². The van der Waals surface area contributed by atoms with Crippen molar-refractivity contribution >= 4 is 18.4 Å². The van der Waals surface area contributed by atoms with Crippen molar-refractivity contribution in [3.05, 3.63) is 35.9 Å². The Bertz CT molecular complexity index is 342. The molecule has 0 aliphatic heterocycles. The Morgan fingerprint density at radius 3 is 2.50 bits per heavy atom. The predicted molar refractivity (Wildman–Crippen MR) is 64.2 cm³/mol. The van der Waals surface area contributed by atoms with Gasteiger partial charge in [0.25, 0.3) is 0 Å². The van der Waals surface area contributed by atoms with Crippen molar-refractivity contribution in [2.75, 3.05) is 0 Å². The average Bonchev–Trinajstić information content (AvgIpc) is 2.26. The van der Waals surface area contributed by atoms with Gasteiger partial charge in [0.15, 0.2) is 0 Å². The number of esters is 1. The van der Waals surface area contributed by atoms with Crippen LogP contribution in [-0.4, -0.2) is 12.0 Å². The standard InChI is InChI=1S/C12H15NO2.ClH/c13-11-7-6-10(11)12(14)15-8-9-4-2-1-3-5-9;/h1-5,10-11H,6-8,13H2;1H/t10-,11+;/m1./s1. The molecule has 3 nitrogen and oxygen atoms in total. The van der Waals surface area contributed by atoms with Crippen molar-refractivity contribution in [1.29, 1.82) is 0 Å². The predicted octanol–water partition coefficient (Wildman–Crippen LogP) is 1.89. The van der Waals surface area contributed by atoms with Gasteiger partial charge in [-0.2, -0.15) is 0 Å². The average molecular weight is 242 g/mol. The number of ether oxygens (including phenoxy) is 1. The van der Waals surface area contributed by atoms with Crippen molar-refractivity contribution in [3.63, 3.8) is 0 Å². The van der Waals surface area contributed by atoms with Gasteiger partial charge in [0.05, 0.1) is 5.92 Å². The van der Waals surface area contributed by atoms with E-state index in [0.717, 1.165) is 18.4 Å². The third-order valence-corrected chi connectivity index (χ3v) is 2.85. The van der Waals surface area contributed by atoms with Gasteiger partial charge in [0.1, 0.15) is 6.61 Å². The molecule has 0 aromatic heterocycles. The van der Waals surface area contributed by atoms with Crippen LogP contribution in [0.1, 0.15) is 18.4 Å². The van der Waals surface area contributed by atoms with Gasteiger partial charge < -0.3 is 10.5 Å². The second kappa shape index (κ2) is 5.87. The highest BCUT2D eigenvalue weighted by atomic mass is 35.5. The first kappa shape index (κ1) is 13.0. The third-order valence-electron chi connectivity index (χ3n) is 2.85. The zero-order chi connectivity index (χ0) is 10.7. The van der Waals surface area contributed by atoms with Gasteiger partial charge in [0.2, 0.25) is 0 Å². The molecule has 16 heavy (non-hydrogen) atoms. The molecule has 1 aliphatic carbocycles. The molecule has 0 radical (unpaired) electrons. The van der Waals surface area contributed by atoms with E-state index in [1.165, 1.54) is 0 Å². The number of benzene rings is 1. The minimum Gasteiger partial charge on any atom is -0.461 e. The number of hydrogen-bond donors (Lipinski definition) is 1. The second-order valence-corrected chi connectivity index (χ2v) is 3.94. The minimum atomic E-state index is -0.155. The molecular formula is C12H16ClNO2. The third kappa shape index (κ3) is 2.97.